The minimum atomic E-state index is -1.82. The van der Waals surface area contributed by atoms with Crippen molar-refractivity contribution in [2.45, 2.75) is 25.2 Å². The maximum atomic E-state index is 17.5. The van der Waals surface area contributed by atoms with Gasteiger partial charge in [0.2, 0.25) is 0 Å². The van der Waals surface area contributed by atoms with Gasteiger partial charge in [0, 0.05) is 22.3 Å². The molecule has 0 saturated heterocycles. The van der Waals surface area contributed by atoms with Crippen molar-refractivity contribution in [2.24, 2.45) is 0 Å². The molecule has 5 aromatic carbocycles. The molecular weight excluding hydrogens is 571 g/mol. The van der Waals surface area contributed by atoms with Gasteiger partial charge in [-0.25, -0.2) is 4.39 Å². The molecule has 9 N–H and O–H groups in total. The van der Waals surface area contributed by atoms with Crippen LogP contribution in [0.25, 0.3) is 22.3 Å². The van der Waals surface area contributed by atoms with E-state index in [1.165, 1.54) is 30.3 Å². The van der Waals surface area contributed by atoms with Gasteiger partial charge in [-0.1, -0.05) is 48.5 Å². The first-order chi connectivity index (χ1) is 21.1. The Labute approximate surface area is 249 Å². The number of fused-ring (bicyclic) bond motifs is 3. The minimum Gasteiger partial charge on any atom is -0.504 e. The normalized spacial score (nSPS) is 13.1. The topological polar surface area (TPSA) is 182 Å². The standard InChI is InChI=1S/C34H27FO9/c35-31-19(20-12-29(42)28(41)11-16(20)13-36)6-5-18-17-3-1-2-4-23(17)34(30(18)31,24-7-9-26(39)32(43)21(24)14-37)25-8-10-27(40)33(44)22(25)15-38/h1-12,36-44H,13-15H2. The van der Waals surface area contributed by atoms with Crippen molar-refractivity contribution in [1.29, 1.82) is 0 Å². The molecule has 0 radical (unpaired) electrons. The zero-order valence-corrected chi connectivity index (χ0v) is 23.0. The van der Waals surface area contributed by atoms with Crippen LogP contribution in [0, 0.1) is 5.82 Å². The van der Waals surface area contributed by atoms with Crippen molar-refractivity contribution < 1.29 is 50.3 Å². The van der Waals surface area contributed by atoms with Crippen LogP contribution < -0.4 is 0 Å². The van der Waals surface area contributed by atoms with Crippen molar-refractivity contribution in [3.8, 4) is 56.8 Å². The van der Waals surface area contributed by atoms with E-state index in [0.29, 0.717) is 16.7 Å². The lowest BCUT2D eigenvalue weighted by Crippen LogP contribution is -2.32. The number of halogens is 1. The predicted octanol–water partition coefficient (Wildman–Crippen LogP) is 4.57. The molecule has 0 saturated carbocycles. The van der Waals surface area contributed by atoms with Crippen molar-refractivity contribution in [3.05, 3.63) is 118 Å². The molecule has 0 atom stereocenters. The molecule has 0 aromatic heterocycles. The largest absolute Gasteiger partial charge is 0.504 e. The summed E-state index contributed by atoms with van der Waals surface area (Å²) in [6.45, 7) is -2.20. The first-order valence-corrected chi connectivity index (χ1v) is 13.5. The fourth-order valence-electron chi connectivity index (χ4n) is 6.53. The maximum Gasteiger partial charge on any atom is 0.163 e. The molecule has 44 heavy (non-hydrogen) atoms. The molecule has 0 bridgehead atoms. The van der Waals surface area contributed by atoms with Crippen molar-refractivity contribution >= 4 is 0 Å². The van der Waals surface area contributed by atoms with Crippen LogP contribution in [0.1, 0.15) is 38.9 Å². The van der Waals surface area contributed by atoms with Crippen LogP contribution in [-0.2, 0) is 25.2 Å². The van der Waals surface area contributed by atoms with E-state index < -0.39 is 65.5 Å². The molecule has 0 spiro atoms. The first-order valence-electron chi connectivity index (χ1n) is 13.5. The summed E-state index contributed by atoms with van der Waals surface area (Å²) in [4.78, 5) is 0. The number of hydrogen-bond acceptors (Lipinski definition) is 9. The lowest BCUT2D eigenvalue weighted by Gasteiger charge is -2.37. The molecule has 9 nitrogen and oxygen atoms in total. The van der Waals surface area contributed by atoms with Crippen LogP contribution in [-0.4, -0.2) is 46.0 Å². The Balaban J connectivity index is 1.87. The molecule has 0 amide bonds. The molecule has 5 aromatic rings. The molecule has 0 unspecified atom stereocenters. The Morgan fingerprint density at radius 3 is 1.61 bits per heavy atom. The van der Waals surface area contributed by atoms with Crippen LogP contribution in [0.3, 0.4) is 0 Å². The quantitative estimate of drug-likeness (QED) is 0.124. The van der Waals surface area contributed by atoms with Gasteiger partial charge in [-0.05, 0) is 63.2 Å². The molecule has 1 aliphatic rings. The molecule has 224 valence electrons. The molecule has 10 heteroatoms. The molecule has 6 rings (SSSR count). The summed E-state index contributed by atoms with van der Waals surface area (Å²) in [5, 5.41) is 94.0. The second-order valence-electron chi connectivity index (χ2n) is 10.5. The fraction of sp³-hybridized carbons (Fsp3) is 0.118. The zero-order valence-electron chi connectivity index (χ0n) is 23.0. The van der Waals surface area contributed by atoms with E-state index in [1.807, 2.05) is 0 Å². The van der Waals surface area contributed by atoms with Crippen LogP contribution in [0.5, 0.6) is 34.5 Å². The van der Waals surface area contributed by atoms with Gasteiger partial charge >= 0.3 is 0 Å². The highest BCUT2D eigenvalue weighted by molar-refractivity contribution is 5.90. The molecule has 1 aliphatic carbocycles. The number of aliphatic hydroxyl groups excluding tert-OH is 3. The Kier molecular flexibility index (Phi) is 6.85. The summed E-state index contributed by atoms with van der Waals surface area (Å²) in [5.74, 6) is -4.33. The van der Waals surface area contributed by atoms with E-state index in [9.17, 15) is 46.0 Å². The summed E-state index contributed by atoms with van der Waals surface area (Å²) in [6.07, 6.45) is 0. The second-order valence-corrected chi connectivity index (χ2v) is 10.5. The van der Waals surface area contributed by atoms with Gasteiger partial charge in [-0.3, -0.25) is 0 Å². The SMILES string of the molecule is OCc1cc(O)c(O)cc1-c1ccc2c(c1F)C(c1ccc(O)c(O)c1CO)(c1ccc(O)c(O)c1CO)c1ccccc1-2. The van der Waals surface area contributed by atoms with Gasteiger partial charge in [-0.15, -0.1) is 0 Å². The van der Waals surface area contributed by atoms with E-state index >= 15 is 4.39 Å². The Bertz CT molecular complexity index is 1910. The summed E-state index contributed by atoms with van der Waals surface area (Å²) in [5.41, 5.74) is -0.523. The number of aliphatic hydroxyl groups is 3. The van der Waals surface area contributed by atoms with Gasteiger partial charge < -0.3 is 46.0 Å². The number of phenolic OH excluding ortho intramolecular Hbond substituents is 4. The summed E-state index contributed by atoms with van der Waals surface area (Å²) < 4.78 is 17.5. The third-order valence-electron chi connectivity index (χ3n) is 8.45. The van der Waals surface area contributed by atoms with E-state index in [4.69, 9.17) is 0 Å². The summed E-state index contributed by atoms with van der Waals surface area (Å²) in [6, 6.07) is 17.3. The molecule has 0 aliphatic heterocycles. The van der Waals surface area contributed by atoms with Crippen molar-refractivity contribution in [1.82, 2.24) is 0 Å². The monoisotopic (exact) mass is 598 g/mol. The van der Waals surface area contributed by atoms with E-state index in [0.717, 1.165) is 12.1 Å². The fourth-order valence-corrected chi connectivity index (χ4v) is 6.53. The van der Waals surface area contributed by atoms with Crippen LogP contribution in [0.2, 0.25) is 0 Å². The molecular formula is C34H27FO9. The minimum absolute atomic E-state index is 0.0350. The zero-order chi connectivity index (χ0) is 31.5. The maximum absolute atomic E-state index is 17.5. The van der Waals surface area contributed by atoms with Crippen LogP contribution in [0.15, 0.2) is 72.8 Å². The van der Waals surface area contributed by atoms with Gasteiger partial charge in [0.1, 0.15) is 5.82 Å². The molecule has 0 fully saturated rings. The predicted molar refractivity (Wildman–Crippen MR) is 157 cm³/mol. The highest BCUT2D eigenvalue weighted by Crippen LogP contribution is 2.61. The summed E-state index contributed by atoms with van der Waals surface area (Å²) >= 11 is 0. The molecule has 0 heterocycles. The van der Waals surface area contributed by atoms with E-state index in [-0.39, 0.29) is 44.5 Å². The number of hydrogen-bond donors (Lipinski definition) is 9. The third-order valence-corrected chi connectivity index (χ3v) is 8.45. The third kappa shape index (κ3) is 3.82. The van der Waals surface area contributed by atoms with Gasteiger partial charge in [0.05, 0.1) is 25.2 Å². The Hall–Kier alpha value is -5.29. The van der Waals surface area contributed by atoms with E-state index in [1.54, 1.807) is 30.3 Å². The average Bonchev–Trinajstić information content (AvgIpc) is 3.32. The Morgan fingerprint density at radius 2 is 1.05 bits per heavy atom. The number of benzene rings is 5. The van der Waals surface area contributed by atoms with Crippen LogP contribution >= 0.6 is 0 Å². The Morgan fingerprint density at radius 1 is 0.500 bits per heavy atom. The lowest BCUT2D eigenvalue weighted by molar-refractivity contribution is 0.268. The van der Waals surface area contributed by atoms with Crippen molar-refractivity contribution in [3.63, 3.8) is 0 Å². The smallest absolute Gasteiger partial charge is 0.163 e. The van der Waals surface area contributed by atoms with Crippen molar-refractivity contribution in [2.75, 3.05) is 0 Å². The second kappa shape index (κ2) is 10.5. The van der Waals surface area contributed by atoms with Crippen LogP contribution in [0.4, 0.5) is 4.39 Å². The highest BCUT2D eigenvalue weighted by atomic mass is 19.1. The van der Waals surface area contributed by atoms with E-state index in [2.05, 4.69) is 0 Å². The number of rotatable bonds is 6. The summed E-state index contributed by atoms with van der Waals surface area (Å²) in [7, 11) is 0. The first kappa shape index (κ1) is 28.8. The number of phenols is 6. The van der Waals surface area contributed by atoms with Gasteiger partial charge in [0.15, 0.2) is 34.5 Å². The number of aromatic hydroxyl groups is 6. The average molecular weight is 599 g/mol. The van der Waals surface area contributed by atoms with Gasteiger partial charge in [-0.2, -0.15) is 0 Å². The lowest BCUT2D eigenvalue weighted by atomic mass is 9.64. The van der Waals surface area contributed by atoms with Gasteiger partial charge in [0.25, 0.3) is 0 Å². The highest BCUT2D eigenvalue weighted by Gasteiger charge is 2.51.